The summed E-state index contributed by atoms with van der Waals surface area (Å²) in [6, 6.07) is 11.6. The largest absolute Gasteiger partial charge is 1.00 e. The number of pyridine rings is 2. The van der Waals surface area contributed by atoms with Gasteiger partial charge in [0.2, 0.25) is 0 Å². The van der Waals surface area contributed by atoms with Crippen molar-refractivity contribution in [1.29, 1.82) is 0 Å². The number of phenols is 1. The second-order valence-corrected chi connectivity index (χ2v) is 6.83. The Morgan fingerprint density at radius 1 is 0.929 bits per heavy atom. The molecule has 0 bridgehead atoms. The summed E-state index contributed by atoms with van der Waals surface area (Å²) in [5.74, 6) is 1.20. The molecule has 4 heterocycles. The fourth-order valence-electron chi connectivity index (χ4n) is 3.66. The van der Waals surface area contributed by atoms with Crippen LogP contribution in [-0.2, 0) is 7.05 Å². The van der Waals surface area contributed by atoms with E-state index in [0.29, 0.717) is 5.56 Å². The third-order valence-corrected chi connectivity index (χ3v) is 4.97. The molecule has 1 N–H and O–H groups in total. The number of benzene rings is 1. The molecule has 138 valence electrons. The molecule has 0 aliphatic carbocycles. The van der Waals surface area contributed by atoms with Crippen molar-refractivity contribution < 1.29 is 34.7 Å². The van der Waals surface area contributed by atoms with Crippen LogP contribution in [0.5, 0.6) is 5.75 Å². The van der Waals surface area contributed by atoms with Gasteiger partial charge in [-0.2, -0.15) is 5.10 Å². The first-order valence-corrected chi connectivity index (χ1v) is 8.87. The quantitative estimate of drug-likeness (QED) is 0.412. The van der Waals surface area contributed by atoms with E-state index < -0.39 is 0 Å². The fourth-order valence-corrected chi connectivity index (χ4v) is 3.66. The first-order chi connectivity index (χ1) is 12.7. The van der Waals surface area contributed by atoms with Crippen LogP contribution in [0.25, 0.3) is 33.2 Å². The van der Waals surface area contributed by atoms with Gasteiger partial charge in [-0.1, -0.05) is 0 Å². The summed E-state index contributed by atoms with van der Waals surface area (Å²) in [5, 5.41) is 15.7. The Hall–Kier alpha value is -2.15. The molecule has 0 spiro atoms. The SMILES string of the molecule is Cn1cc2cc(-c3ccc4nc(N5CCCC5)ccc4n3)c(O)cc2n1.[CH3-].[Na+]. The average molecular weight is 383 g/mol. The van der Waals surface area contributed by atoms with E-state index in [-0.39, 0.29) is 42.7 Å². The summed E-state index contributed by atoms with van der Waals surface area (Å²) in [5.41, 5.74) is 3.91. The Balaban J connectivity index is 0.00000112. The van der Waals surface area contributed by atoms with Gasteiger partial charge in [0.05, 0.1) is 22.2 Å². The van der Waals surface area contributed by atoms with E-state index in [1.165, 1.54) is 12.8 Å². The van der Waals surface area contributed by atoms with E-state index in [4.69, 9.17) is 9.97 Å². The van der Waals surface area contributed by atoms with Crippen molar-refractivity contribution in [1.82, 2.24) is 19.7 Å². The molecule has 4 aromatic rings. The third-order valence-electron chi connectivity index (χ3n) is 4.97. The molecule has 1 aromatic carbocycles. The van der Waals surface area contributed by atoms with Crippen LogP contribution in [0.2, 0.25) is 0 Å². The number of hydrogen-bond acceptors (Lipinski definition) is 5. The van der Waals surface area contributed by atoms with Crippen LogP contribution in [0.1, 0.15) is 12.8 Å². The Labute approximate surface area is 186 Å². The van der Waals surface area contributed by atoms with Crippen molar-refractivity contribution in [2.75, 3.05) is 18.0 Å². The van der Waals surface area contributed by atoms with Crippen molar-refractivity contribution in [3.8, 4) is 17.0 Å². The number of rotatable bonds is 2. The van der Waals surface area contributed by atoms with Crippen molar-refractivity contribution in [2.45, 2.75) is 12.8 Å². The van der Waals surface area contributed by atoms with Crippen LogP contribution in [0.3, 0.4) is 0 Å². The normalized spacial score (nSPS) is 13.5. The average Bonchev–Trinajstić information content (AvgIpc) is 3.29. The fraction of sp³-hybridized carbons (Fsp3) is 0.238. The Morgan fingerprint density at radius 2 is 1.64 bits per heavy atom. The summed E-state index contributed by atoms with van der Waals surface area (Å²) < 4.78 is 1.74. The zero-order chi connectivity index (χ0) is 17.7. The van der Waals surface area contributed by atoms with Crippen LogP contribution >= 0.6 is 0 Å². The number of phenolic OH excluding ortho intramolecular Hbond substituents is 1. The van der Waals surface area contributed by atoms with E-state index >= 15 is 0 Å². The molecule has 0 saturated carbocycles. The summed E-state index contributed by atoms with van der Waals surface area (Å²) in [6.45, 7) is 2.14. The number of hydrogen-bond donors (Lipinski definition) is 1. The van der Waals surface area contributed by atoms with Crippen LogP contribution in [0.4, 0.5) is 5.82 Å². The Bertz CT molecular complexity index is 1130. The molecule has 6 nitrogen and oxygen atoms in total. The number of anilines is 1. The number of nitrogens with zero attached hydrogens (tertiary/aromatic N) is 5. The minimum absolute atomic E-state index is 0. The van der Waals surface area contributed by atoms with E-state index in [0.717, 1.165) is 46.5 Å². The molecule has 3 aromatic heterocycles. The topological polar surface area (TPSA) is 67.1 Å². The molecule has 1 saturated heterocycles. The summed E-state index contributed by atoms with van der Waals surface area (Å²) in [6.07, 6.45) is 4.39. The zero-order valence-electron chi connectivity index (χ0n) is 16.6. The van der Waals surface area contributed by atoms with Gasteiger partial charge in [-0.15, -0.1) is 0 Å². The Morgan fingerprint density at radius 3 is 2.43 bits per heavy atom. The van der Waals surface area contributed by atoms with E-state index in [1.807, 2.05) is 43.6 Å². The summed E-state index contributed by atoms with van der Waals surface area (Å²) >= 11 is 0. The molecule has 0 amide bonds. The minimum Gasteiger partial charge on any atom is -0.507 e. The van der Waals surface area contributed by atoms with Gasteiger partial charge in [0.25, 0.3) is 0 Å². The smallest absolute Gasteiger partial charge is 0.507 e. The summed E-state index contributed by atoms with van der Waals surface area (Å²) in [4.78, 5) is 11.8. The molecule has 5 rings (SSSR count). The van der Waals surface area contributed by atoms with E-state index in [2.05, 4.69) is 10.00 Å². The minimum atomic E-state index is 0. The van der Waals surface area contributed by atoms with Gasteiger partial charge in [0.1, 0.15) is 11.6 Å². The molecular formula is C21H22N5NaO. The molecular weight excluding hydrogens is 361 g/mol. The molecule has 0 radical (unpaired) electrons. The number of aromatic hydroxyl groups is 1. The number of aromatic nitrogens is 4. The van der Waals surface area contributed by atoms with Gasteiger partial charge >= 0.3 is 29.6 Å². The molecule has 1 aliphatic heterocycles. The van der Waals surface area contributed by atoms with Crippen LogP contribution < -0.4 is 34.5 Å². The zero-order valence-corrected chi connectivity index (χ0v) is 18.6. The van der Waals surface area contributed by atoms with E-state index in [1.54, 1.807) is 10.7 Å². The van der Waals surface area contributed by atoms with Crippen LogP contribution in [0.15, 0.2) is 42.6 Å². The van der Waals surface area contributed by atoms with Crippen molar-refractivity contribution in [3.05, 3.63) is 50.0 Å². The molecule has 0 unspecified atom stereocenters. The third kappa shape index (κ3) is 3.60. The molecule has 0 atom stereocenters. The first kappa shape index (κ1) is 20.6. The van der Waals surface area contributed by atoms with Crippen molar-refractivity contribution in [2.24, 2.45) is 7.05 Å². The van der Waals surface area contributed by atoms with Crippen LogP contribution in [0, 0.1) is 7.43 Å². The standard InChI is InChI=1S/C20H19N5O.CH3.Na/c1-24-12-13-10-14(19(26)11-18(13)23-24)15-4-5-17-16(21-15)6-7-20(22-17)25-8-2-3-9-25;;/h4-7,10-12,26H,2-3,8-9H2,1H3;1H3;/q;-1;+1. The van der Waals surface area contributed by atoms with Gasteiger partial charge in [-0.3, -0.25) is 4.68 Å². The van der Waals surface area contributed by atoms with Gasteiger partial charge < -0.3 is 17.4 Å². The predicted octanol–water partition coefficient (Wildman–Crippen LogP) is 0.944. The van der Waals surface area contributed by atoms with Gasteiger partial charge in [0.15, 0.2) is 0 Å². The second kappa shape index (κ2) is 8.07. The first-order valence-electron chi connectivity index (χ1n) is 8.87. The Kier molecular flexibility index (Phi) is 5.93. The molecule has 1 aliphatic rings. The number of aryl methyl sites for hydroxylation is 1. The maximum Gasteiger partial charge on any atom is 1.00 e. The van der Waals surface area contributed by atoms with Crippen molar-refractivity contribution in [3.63, 3.8) is 0 Å². The molecule has 28 heavy (non-hydrogen) atoms. The predicted molar refractivity (Wildman–Crippen MR) is 109 cm³/mol. The van der Waals surface area contributed by atoms with E-state index in [9.17, 15) is 5.11 Å². The van der Waals surface area contributed by atoms with Gasteiger partial charge in [-0.25, -0.2) is 9.97 Å². The number of fused-ring (bicyclic) bond motifs is 2. The maximum atomic E-state index is 10.4. The van der Waals surface area contributed by atoms with Gasteiger partial charge in [-0.05, 0) is 43.2 Å². The second-order valence-electron chi connectivity index (χ2n) is 6.83. The van der Waals surface area contributed by atoms with Crippen LogP contribution in [-0.4, -0.2) is 37.9 Å². The summed E-state index contributed by atoms with van der Waals surface area (Å²) in [7, 11) is 1.87. The molecule has 7 heteroatoms. The molecule has 1 fully saturated rings. The van der Waals surface area contributed by atoms with Gasteiger partial charge in [0, 0.05) is 43.4 Å². The van der Waals surface area contributed by atoms with Crippen molar-refractivity contribution >= 4 is 27.8 Å². The maximum absolute atomic E-state index is 10.4. The monoisotopic (exact) mass is 383 g/mol.